The Hall–Kier alpha value is -0.870. The van der Waals surface area contributed by atoms with Crippen molar-refractivity contribution in [1.29, 1.82) is 0 Å². The number of nitrogens with zero attached hydrogens (tertiary/aromatic N) is 2. The molecule has 0 aromatic carbocycles. The van der Waals surface area contributed by atoms with Crippen molar-refractivity contribution in [3.8, 4) is 0 Å². The van der Waals surface area contributed by atoms with E-state index in [0.29, 0.717) is 0 Å². The van der Waals surface area contributed by atoms with E-state index in [1.54, 1.807) is 0 Å². The first-order valence-corrected chi connectivity index (χ1v) is 6.16. The molecular formula is C13H25N3O. The Bertz CT molecular complexity index is 380. The average molecular weight is 239 g/mol. The highest BCUT2D eigenvalue weighted by Crippen LogP contribution is 2.23. The van der Waals surface area contributed by atoms with Gasteiger partial charge in [-0.2, -0.15) is 5.10 Å². The van der Waals surface area contributed by atoms with Crippen LogP contribution in [0, 0.1) is 20.8 Å². The van der Waals surface area contributed by atoms with Crippen molar-refractivity contribution in [2.24, 2.45) is 0 Å². The number of aromatic nitrogens is 2. The standard InChI is InChI=1S/C13H25N3O/c1-9(7-13(5,8-17)14-6)16-12(4)10(2)11(3)15-16/h9,14,17H,7-8H2,1-6H3. The molecule has 0 fully saturated rings. The highest BCUT2D eigenvalue weighted by atomic mass is 16.3. The Kier molecular flexibility index (Phi) is 4.33. The third kappa shape index (κ3) is 2.87. The first kappa shape index (κ1) is 14.2. The fraction of sp³-hybridized carbons (Fsp3) is 0.769. The lowest BCUT2D eigenvalue weighted by atomic mass is 9.95. The van der Waals surface area contributed by atoms with Crippen LogP contribution in [-0.2, 0) is 0 Å². The first-order chi connectivity index (χ1) is 7.84. The largest absolute Gasteiger partial charge is 0.394 e. The van der Waals surface area contributed by atoms with E-state index in [-0.39, 0.29) is 18.2 Å². The molecule has 0 amide bonds. The first-order valence-electron chi connectivity index (χ1n) is 6.16. The second kappa shape index (κ2) is 5.19. The van der Waals surface area contributed by atoms with Gasteiger partial charge in [-0.1, -0.05) is 0 Å². The van der Waals surface area contributed by atoms with Crippen molar-refractivity contribution >= 4 is 0 Å². The molecule has 0 aliphatic heterocycles. The average Bonchev–Trinajstić information content (AvgIpc) is 2.57. The second-order valence-electron chi connectivity index (χ2n) is 5.26. The van der Waals surface area contributed by atoms with E-state index in [9.17, 15) is 5.11 Å². The van der Waals surface area contributed by atoms with Gasteiger partial charge in [0.05, 0.1) is 18.3 Å². The summed E-state index contributed by atoms with van der Waals surface area (Å²) in [5.74, 6) is 0. The maximum absolute atomic E-state index is 9.42. The van der Waals surface area contributed by atoms with Gasteiger partial charge in [0.2, 0.25) is 0 Å². The molecule has 0 aliphatic carbocycles. The van der Waals surface area contributed by atoms with E-state index < -0.39 is 0 Å². The van der Waals surface area contributed by atoms with E-state index >= 15 is 0 Å². The lowest BCUT2D eigenvalue weighted by Crippen LogP contribution is -2.45. The van der Waals surface area contributed by atoms with Gasteiger partial charge in [0.1, 0.15) is 0 Å². The van der Waals surface area contributed by atoms with Crippen molar-refractivity contribution in [2.45, 2.75) is 52.6 Å². The summed E-state index contributed by atoms with van der Waals surface area (Å²) in [4.78, 5) is 0. The van der Waals surface area contributed by atoms with Gasteiger partial charge in [-0.3, -0.25) is 4.68 Å². The van der Waals surface area contributed by atoms with Crippen LogP contribution in [0.2, 0.25) is 0 Å². The third-order valence-corrected chi connectivity index (χ3v) is 3.80. The number of nitrogens with one attached hydrogen (secondary N) is 1. The summed E-state index contributed by atoms with van der Waals surface area (Å²) in [6, 6.07) is 0.270. The smallest absolute Gasteiger partial charge is 0.0625 e. The normalized spacial score (nSPS) is 16.9. The topological polar surface area (TPSA) is 50.1 Å². The Labute approximate surface area is 104 Å². The SMILES string of the molecule is CNC(C)(CO)CC(C)n1nc(C)c(C)c1C. The van der Waals surface area contributed by atoms with E-state index in [1.807, 2.05) is 20.9 Å². The van der Waals surface area contributed by atoms with Crippen LogP contribution in [0.1, 0.15) is 43.3 Å². The minimum atomic E-state index is -0.250. The molecule has 4 nitrogen and oxygen atoms in total. The van der Waals surface area contributed by atoms with E-state index in [0.717, 1.165) is 12.1 Å². The van der Waals surface area contributed by atoms with Gasteiger partial charge in [-0.05, 0) is 53.7 Å². The Balaban J connectivity index is 2.90. The van der Waals surface area contributed by atoms with Crippen LogP contribution in [0.15, 0.2) is 0 Å². The van der Waals surface area contributed by atoms with Gasteiger partial charge in [-0.25, -0.2) is 0 Å². The van der Waals surface area contributed by atoms with Crippen molar-refractivity contribution < 1.29 is 5.11 Å². The molecule has 0 saturated carbocycles. The molecule has 0 spiro atoms. The van der Waals surface area contributed by atoms with E-state index in [4.69, 9.17) is 0 Å². The number of likely N-dealkylation sites (N-methyl/N-ethyl adjacent to an activating group) is 1. The van der Waals surface area contributed by atoms with Gasteiger partial charge in [0.25, 0.3) is 0 Å². The maximum atomic E-state index is 9.42. The van der Waals surface area contributed by atoms with Crippen molar-refractivity contribution in [2.75, 3.05) is 13.7 Å². The summed E-state index contributed by atoms with van der Waals surface area (Å²) in [5, 5.41) is 17.2. The van der Waals surface area contributed by atoms with Crippen LogP contribution < -0.4 is 5.32 Å². The molecule has 1 heterocycles. The number of aryl methyl sites for hydroxylation is 1. The fourth-order valence-electron chi connectivity index (χ4n) is 2.16. The molecule has 1 aromatic rings. The summed E-state index contributed by atoms with van der Waals surface area (Å²) in [6.07, 6.45) is 0.849. The molecule has 0 bridgehead atoms. The number of hydrogen-bond donors (Lipinski definition) is 2. The third-order valence-electron chi connectivity index (χ3n) is 3.80. The van der Waals surface area contributed by atoms with Crippen LogP contribution in [0.5, 0.6) is 0 Å². The number of rotatable bonds is 5. The molecule has 2 N–H and O–H groups in total. The Morgan fingerprint density at radius 1 is 1.41 bits per heavy atom. The summed E-state index contributed by atoms with van der Waals surface area (Å²) in [7, 11) is 1.88. The van der Waals surface area contributed by atoms with E-state index in [2.05, 4.69) is 35.9 Å². The predicted molar refractivity (Wildman–Crippen MR) is 70.3 cm³/mol. The zero-order valence-corrected chi connectivity index (χ0v) is 11.8. The highest BCUT2D eigenvalue weighted by Gasteiger charge is 2.25. The lowest BCUT2D eigenvalue weighted by Gasteiger charge is -2.30. The van der Waals surface area contributed by atoms with Gasteiger partial charge in [-0.15, -0.1) is 0 Å². The van der Waals surface area contributed by atoms with Gasteiger partial charge < -0.3 is 10.4 Å². The van der Waals surface area contributed by atoms with Gasteiger partial charge in [0, 0.05) is 11.2 Å². The summed E-state index contributed by atoms with van der Waals surface area (Å²) in [6.45, 7) is 10.5. The fourth-order valence-corrected chi connectivity index (χ4v) is 2.16. The quantitative estimate of drug-likeness (QED) is 0.822. The lowest BCUT2D eigenvalue weighted by molar-refractivity contribution is 0.156. The van der Waals surface area contributed by atoms with Crippen LogP contribution >= 0.6 is 0 Å². The zero-order chi connectivity index (χ0) is 13.2. The zero-order valence-electron chi connectivity index (χ0n) is 11.8. The predicted octanol–water partition coefficient (Wildman–Crippen LogP) is 1.73. The summed E-state index contributed by atoms with van der Waals surface area (Å²) in [5.41, 5.74) is 3.31. The molecule has 17 heavy (non-hydrogen) atoms. The number of aliphatic hydroxyl groups excluding tert-OH is 1. The molecule has 1 aromatic heterocycles. The van der Waals surface area contributed by atoms with E-state index in [1.165, 1.54) is 11.3 Å². The Morgan fingerprint density at radius 3 is 2.35 bits per heavy atom. The second-order valence-corrected chi connectivity index (χ2v) is 5.26. The van der Waals surface area contributed by atoms with Crippen LogP contribution in [-0.4, -0.2) is 34.1 Å². The highest BCUT2D eigenvalue weighted by molar-refractivity contribution is 5.22. The van der Waals surface area contributed by atoms with Crippen LogP contribution in [0.3, 0.4) is 0 Å². The van der Waals surface area contributed by atoms with Crippen LogP contribution in [0.25, 0.3) is 0 Å². The molecule has 0 saturated heterocycles. The number of hydrogen-bond acceptors (Lipinski definition) is 3. The molecule has 1 rings (SSSR count). The van der Waals surface area contributed by atoms with Crippen molar-refractivity contribution in [3.05, 3.63) is 17.0 Å². The number of aliphatic hydroxyl groups is 1. The molecule has 98 valence electrons. The summed E-state index contributed by atoms with van der Waals surface area (Å²) >= 11 is 0. The van der Waals surface area contributed by atoms with Crippen LogP contribution in [0.4, 0.5) is 0 Å². The molecular weight excluding hydrogens is 214 g/mol. The van der Waals surface area contributed by atoms with Gasteiger partial charge in [0.15, 0.2) is 0 Å². The molecule has 0 radical (unpaired) electrons. The minimum absolute atomic E-state index is 0.131. The molecule has 2 atom stereocenters. The summed E-state index contributed by atoms with van der Waals surface area (Å²) < 4.78 is 2.07. The van der Waals surface area contributed by atoms with Gasteiger partial charge >= 0.3 is 0 Å². The van der Waals surface area contributed by atoms with Crippen molar-refractivity contribution in [1.82, 2.24) is 15.1 Å². The monoisotopic (exact) mass is 239 g/mol. The maximum Gasteiger partial charge on any atom is 0.0625 e. The molecule has 0 aliphatic rings. The Morgan fingerprint density at radius 2 is 2.00 bits per heavy atom. The van der Waals surface area contributed by atoms with Crippen molar-refractivity contribution in [3.63, 3.8) is 0 Å². The minimum Gasteiger partial charge on any atom is -0.394 e. The molecule has 2 unspecified atom stereocenters. The molecule has 4 heteroatoms.